The summed E-state index contributed by atoms with van der Waals surface area (Å²) in [6.07, 6.45) is 0.389. The summed E-state index contributed by atoms with van der Waals surface area (Å²) in [7, 11) is 0. The average Bonchev–Trinajstić information content (AvgIpc) is 2.05. The number of aliphatic hydroxyl groups is 1. The van der Waals surface area contributed by atoms with Crippen LogP contribution in [0.3, 0.4) is 0 Å². The van der Waals surface area contributed by atoms with Crippen LogP contribution in [-0.2, 0) is 0 Å². The van der Waals surface area contributed by atoms with Crippen LogP contribution in [0.5, 0.6) is 0 Å². The lowest BCUT2D eigenvalue weighted by atomic mass is 10.1. The average molecular weight is 151 g/mol. The Balaban J connectivity index is 2.81. The van der Waals surface area contributed by atoms with Gasteiger partial charge in [0, 0.05) is 5.69 Å². The van der Waals surface area contributed by atoms with Gasteiger partial charge in [-0.05, 0) is 24.1 Å². The van der Waals surface area contributed by atoms with Crippen molar-refractivity contribution >= 4 is 5.69 Å². The zero-order chi connectivity index (χ0) is 8.27. The van der Waals surface area contributed by atoms with Crippen LogP contribution in [0.4, 0.5) is 5.69 Å². The Kier molecular flexibility index (Phi) is 2.49. The number of aliphatic hydroxyl groups excluding tert-OH is 1. The molecule has 1 atom stereocenters. The maximum absolute atomic E-state index is 9.38. The highest BCUT2D eigenvalue weighted by Gasteiger charge is 2.02. The third-order valence-electron chi connectivity index (χ3n) is 1.71. The van der Waals surface area contributed by atoms with Gasteiger partial charge < -0.3 is 10.8 Å². The molecule has 0 aliphatic heterocycles. The SMILES string of the molecule is CC[C@H](O)c1ccc(N)cc1. The summed E-state index contributed by atoms with van der Waals surface area (Å²) in [6.45, 7) is 1.95. The van der Waals surface area contributed by atoms with Crippen LogP contribution in [-0.4, -0.2) is 5.11 Å². The Bertz CT molecular complexity index is 218. The molecule has 0 saturated carbocycles. The largest absolute Gasteiger partial charge is 0.399 e. The third kappa shape index (κ3) is 1.95. The van der Waals surface area contributed by atoms with Crippen LogP contribution in [0.15, 0.2) is 24.3 Å². The first-order chi connectivity index (χ1) is 5.24. The van der Waals surface area contributed by atoms with Crippen molar-refractivity contribution in [3.05, 3.63) is 29.8 Å². The predicted octanol–water partition coefficient (Wildman–Crippen LogP) is 1.71. The van der Waals surface area contributed by atoms with E-state index >= 15 is 0 Å². The first kappa shape index (κ1) is 8.08. The van der Waals surface area contributed by atoms with Crippen molar-refractivity contribution in [2.24, 2.45) is 0 Å². The first-order valence-corrected chi connectivity index (χ1v) is 3.77. The van der Waals surface area contributed by atoms with Gasteiger partial charge in [0.25, 0.3) is 0 Å². The quantitative estimate of drug-likeness (QED) is 0.632. The van der Waals surface area contributed by atoms with Gasteiger partial charge in [0.2, 0.25) is 0 Å². The summed E-state index contributed by atoms with van der Waals surface area (Å²) in [5.41, 5.74) is 7.15. The minimum atomic E-state index is -0.351. The highest BCUT2D eigenvalue weighted by atomic mass is 16.3. The maximum atomic E-state index is 9.38. The smallest absolute Gasteiger partial charge is 0.0787 e. The van der Waals surface area contributed by atoms with Crippen LogP contribution in [0.25, 0.3) is 0 Å². The predicted molar refractivity (Wildman–Crippen MR) is 46.1 cm³/mol. The lowest BCUT2D eigenvalue weighted by Gasteiger charge is -2.06. The number of anilines is 1. The lowest BCUT2D eigenvalue weighted by molar-refractivity contribution is 0.173. The second-order valence-electron chi connectivity index (χ2n) is 2.59. The summed E-state index contributed by atoms with van der Waals surface area (Å²) in [5, 5.41) is 9.38. The van der Waals surface area contributed by atoms with E-state index in [-0.39, 0.29) is 6.10 Å². The van der Waals surface area contributed by atoms with Crippen molar-refractivity contribution in [2.75, 3.05) is 5.73 Å². The highest BCUT2D eigenvalue weighted by molar-refractivity contribution is 5.39. The molecule has 0 fully saturated rings. The van der Waals surface area contributed by atoms with Crippen LogP contribution < -0.4 is 5.73 Å². The van der Waals surface area contributed by atoms with Crippen LogP contribution in [0.1, 0.15) is 25.0 Å². The van der Waals surface area contributed by atoms with Crippen molar-refractivity contribution in [3.8, 4) is 0 Å². The molecule has 60 valence electrons. The summed E-state index contributed by atoms with van der Waals surface area (Å²) < 4.78 is 0. The van der Waals surface area contributed by atoms with E-state index in [9.17, 15) is 5.11 Å². The third-order valence-corrected chi connectivity index (χ3v) is 1.71. The Morgan fingerprint density at radius 1 is 1.36 bits per heavy atom. The van der Waals surface area contributed by atoms with Crippen molar-refractivity contribution < 1.29 is 5.11 Å². The van der Waals surface area contributed by atoms with E-state index < -0.39 is 0 Å². The number of nitrogen functional groups attached to an aromatic ring is 1. The monoisotopic (exact) mass is 151 g/mol. The summed E-state index contributed by atoms with van der Waals surface area (Å²) in [5.74, 6) is 0. The molecule has 0 aromatic heterocycles. The highest BCUT2D eigenvalue weighted by Crippen LogP contribution is 2.16. The molecule has 0 amide bonds. The summed E-state index contributed by atoms with van der Waals surface area (Å²) in [6, 6.07) is 7.30. The number of hydrogen-bond acceptors (Lipinski definition) is 2. The molecule has 2 nitrogen and oxygen atoms in total. The van der Waals surface area contributed by atoms with Crippen LogP contribution in [0.2, 0.25) is 0 Å². The molecule has 0 spiro atoms. The Hall–Kier alpha value is -1.02. The molecule has 0 aliphatic rings. The molecule has 0 unspecified atom stereocenters. The lowest BCUT2D eigenvalue weighted by Crippen LogP contribution is -1.94. The molecule has 3 N–H and O–H groups in total. The molecular formula is C9H13NO. The molecule has 1 rings (SSSR count). The van der Waals surface area contributed by atoms with Gasteiger partial charge in [0.15, 0.2) is 0 Å². The molecule has 0 heterocycles. The van der Waals surface area contributed by atoms with Gasteiger partial charge in [0.1, 0.15) is 0 Å². The van der Waals surface area contributed by atoms with Gasteiger partial charge in [-0.15, -0.1) is 0 Å². The summed E-state index contributed by atoms with van der Waals surface area (Å²) >= 11 is 0. The zero-order valence-corrected chi connectivity index (χ0v) is 6.62. The number of rotatable bonds is 2. The van der Waals surface area contributed by atoms with E-state index in [1.807, 2.05) is 19.1 Å². The van der Waals surface area contributed by atoms with E-state index in [4.69, 9.17) is 5.73 Å². The normalized spacial score (nSPS) is 12.9. The molecular weight excluding hydrogens is 138 g/mol. The minimum Gasteiger partial charge on any atom is -0.399 e. The number of benzene rings is 1. The van der Waals surface area contributed by atoms with Crippen molar-refractivity contribution in [3.63, 3.8) is 0 Å². The molecule has 0 saturated heterocycles. The van der Waals surface area contributed by atoms with Gasteiger partial charge in [-0.1, -0.05) is 19.1 Å². The summed E-state index contributed by atoms with van der Waals surface area (Å²) in [4.78, 5) is 0. The molecule has 1 aromatic carbocycles. The van der Waals surface area contributed by atoms with Crippen LogP contribution >= 0.6 is 0 Å². The van der Waals surface area contributed by atoms with Gasteiger partial charge in [-0.3, -0.25) is 0 Å². The Morgan fingerprint density at radius 2 is 1.91 bits per heavy atom. The maximum Gasteiger partial charge on any atom is 0.0787 e. The molecule has 0 radical (unpaired) electrons. The molecule has 0 aliphatic carbocycles. The standard InChI is InChI=1S/C9H13NO/c1-2-9(11)7-3-5-8(10)6-4-7/h3-6,9,11H,2,10H2,1H3/t9-/m0/s1. The van der Waals surface area contributed by atoms with Gasteiger partial charge in [-0.2, -0.15) is 0 Å². The van der Waals surface area contributed by atoms with Gasteiger partial charge in [-0.25, -0.2) is 0 Å². The minimum absolute atomic E-state index is 0.351. The van der Waals surface area contributed by atoms with Crippen molar-refractivity contribution in [1.29, 1.82) is 0 Å². The second-order valence-corrected chi connectivity index (χ2v) is 2.59. The fourth-order valence-corrected chi connectivity index (χ4v) is 0.954. The Labute approximate surface area is 66.7 Å². The van der Waals surface area contributed by atoms with E-state index in [0.29, 0.717) is 0 Å². The Morgan fingerprint density at radius 3 is 2.36 bits per heavy atom. The van der Waals surface area contributed by atoms with Crippen molar-refractivity contribution in [2.45, 2.75) is 19.4 Å². The van der Waals surface area contributed by atoms with E-state index in [1.165, 1.54) is 0 Å². The van der Waals surface area contributed by atoms with E-state index in [2.05, 4.69) is 0 Å². The number of hydrogen-bond donors (Lipinski definition) is 2. The zero-order valence-electron chi connectivity index (χ0n) is 6.62. The van der Waals surface area contributed by atoms with E-state index in [1.54, 1.807) is 12.1 Å². The second kappa shape index (κ2) is 3.39. The topological polar surface area (TPSA) is 46.2 Å². The number of nitrogens with two attached hydrogens (primary N) is 1. The molecule has 11 heavy (non-hydrogen) atoms. The molecule has 1 aromatic rings. The van der Waals surface area contributed by atoms with Crippen LogP contribution in [0, 0.1) is 0 Å². The molecule has 2 heteroatoms. The molecule has 0 bridgehead atoms. The van der Waals surface area contributed by atoms with Gasteiger partial charge in [0.05, 0.1) is 6.10 Å². The first-order valence-electron chi connectivity index (χ1n) is 3.77. The van der Waals surface area contributed by atoms with Gasteiger partial charge >= 0.3 is 0 Å². The van der Waals surface area contributed by atoms with E-state index in [0.717, 1.165) is 17.7 Å². The fourth-order valence-electron chi connectivity index (χ4n) is 0.954. The fraction of sp³-hybridized carbons (Fsp3) is 0.333. The van der Waals surface area contributed by atoms with Crippen molar-refractivity contribution in [1.82, 2.24) is 0 Å².